The number of nitrogens with one attached hydrogen (secondary N) is 1. The summed E-state index contributed by atoms with van der Waals surface area (Å²) in [4.78, 5) is 17.0. The summed E-state index contributed by atoms with van der Waals surface area (Å²) in [6.45, 7) is 8.31. The maximum Gasteiger partial charge on any atom is 0.492 e. The number of fused-ring (bicyclic) bond motifs is 3. The zero-order valence-electron chi connectivity index (χ0n) is 22.0. The molecule has 1 saturated heterocycles. The van der Waals surface area contributed by atoms with Gasteiger partial charge in [0, 0.05) is 18.7 Å². The zero-order valence-corrected chi connectivity index (χ0v) is 22.0. The van der Waals surface area contributed by atoms with Crippen LogP contribution in [0.1, 0.15) is 56.0 Å². The molecule has 0 spiro atoms. The Bertz CT molecular complexity index is 1360. The molecule has 1 fully saturated rings. The first kappa shape index (κ1) is 25.7. The number of rotatable bonds is 6. The van der Waals surface area contributed by atoms with Crippen molar-refractivity contribution in [2.45, 2.75) is 44.8 Å². The van der Waals surface area contributed by atoms with E-state index in [-0.39, 0.29) is 19.1 Å². The third-order valence-electron chi connectivity index (χ3n) is 7.59. The van der Waals surface area contributed by atoms with Crippen molar-refractivity contribution in [2.24, 2.45) is 0 Å². The second-order valence-corrected chi connectivity index (χ2v) is 10.6. The molecule has 0 saturated carbocycles. The number of nitrogens with zero attached hydrogens (tertiary/aromatic N) is 2. The largest absolute Gasteiger partial charge is 0.492 e. The molecule has 0 radical (unpaired) electrons. The fraction of sp³-hybridized carbons (Fsp3) is 0.300. The Morgan fingerprint density at radius 2 is 1.63 bits per heavy atom. The highest BCUT2D eigenvalue weighted by Crippen LogP contribution is 2.44. The molecular formula is C30H30BN3O4. The van der Waals surface area contributed by atoms with Crippen LogP contribution < -0.4 is 5.32 Å². The van der Waals surface area contributed by atoms with Gasteiger partial charge in [-0.25, -0.2) is 9.78 Å². The lowest BCUT2D eigenvalue weighted by Crippen LogP contribution is -2.41. The fourth-order valence-corrected chi connectivity index (χ4v) is 4.79. The Balaban J connectivity index is 1.29. The van der Waals surface area contributed by atoms with Gasteiger partial charge in [-0.05, 0) is 67.1 Å². The van der Waals surface area contributed by atoms with E-state index in [1.807, 2.05) is 64.1 Å². The van der Waals surface area contributed by atoms with Crippen molar-refractivity contribution in [3.8, 4) is 17.2 Å². The van der Waals surface area contributed by atoms with Crippen molar-refractivity contribution < 1.29 is 18.8 Å². The van der Waals surface area contributed by atoms with Crippen LogP contribution in [0.2, 0.25) is 0 Å². The summed E-state index contributed by atoms with van der Waals surface area (Å²) in [5.41, 5.74) is 5.41. The maximum absolute atomic E-state index is 12.8. The molecule has 0 bridgehead atoms. The Morgan fingerprint density at radius 1 is 1.03 bits per heavy atom. The molecule has 8 heteroatoms. The van der Waals surface area contributed by atoms with E-state index < -0.39 is 24.4 Å². The normalized spacial score (nSPS) is 17.4. The van der Waals surface area contributed by atoms with E-state index in [1.165, 1.54) is 11.1 Å². The van der Waals surface area contributed by atoms with Crippen molar-refractivity contribution in [1.82, 2.24) is 10.3 Å². The average Bonchev–Trinajstić information content (AvgIpc) is 3.34. The molecule has 7 nitrogen and oxygen atoms in total. The van der Waals surface area contributed by atoms with Gasteiger partial charge in [-0.3, -0.25) is 0 Å². The summed E-state index contributed by atoms with van der Waals surface area (Å²) in [6, 6.07) is 21.9. The minimum atomic E-state index is -0.662. The van der Waals surface area contributed by atoms with Gasteiger partial charge in [0.25, 0.3) is 0 Å². The number of carbonyl (C=O) groups is 1. The van der Waals surface area contributed by atoms with Gasteiger partial charge >= 0.3 is 13.2 Å². The van der Waals surface area contributed by atoms with Gasteiger partial charge in [-0.15, -0.1) is 0 Å². The number of nitriles is 1. The molecule has 1 aliphatic carbocycles. The highest BCUT2D eigenvalue weighted by Gasteiger charge is 2.52. The number of benzene rings is 2. The number of alkyl carbamates (subject to hydrolysis) is 1. The number of ether oxygens (including phenoxy) is 1. The standard InChI is InChI=1S/C30H30BN3O4/c1-29(2)30(3,4)38-31(37-29)21(15-20-13-14-22(16-32)33-17-20)18-34-28(35)36-19-27-25-11-7-5-9-23(25)24-10-6-8-12-26(24)27/h5-15,17,27H,18-19H2,1-4H3,(H,34,35). The van der Waals surface area contributed by atoms with Gasteiger partial charge in [-0.1, -0.05) is 60.7 Å². The van der Waals surface area contributed by atoms with Crippen molar-refractivity contribution in [3.63, 3.8) is 0 Å². The number of aromatic nitrogens is 1. The van der Waals surface area contributed by atoms with Crippen molar-refractivity contribution in [3.05, 3.63) is 94.7 Å². The van der Waals surface area contributed by atoms with E-state index in [9.17, 15) is 4.79 Å². The molecule has 1 N–H and O–H groups in total. The third kappa shape index (κ3) is 4.95. The van der Waals surface area contributed by atoms with Crippen LogP contribution in [0.5, 0.6) is 0 Å². The predicted molar refractivity (Wildman–Crippen MR) is 146 cm³/mol. The molecular weight excluding hydrogens is 477 g/mol. The lowest BCUT2D eigenvalue weighted by Gasteiger charge is -2.32. The second-order valence-electron chi connectivity index (χ2n) is 10.6. The minimum Gasteiger partial charge on any atom is -0.449 e. The molecule has 2 heterocycles. The molecule has 0 unspecified atom stereocenters. The Hall–Kier alpha value is -3.93. The van der Waals surface area contributed by atoms with Crippen LogP contribution in [-0.4, -0.2) is 42.5 Å². The van der Waals surface area contributed by atoms with E-state index in [1.54, 1.807) is 18.3 Å². The van der Waals surface area contributed by atoms with E-state index in [2.05, 4.69) is 34.6 Å². The van der Waals surface area contributed by atoms with E-state index in [0.717, 1.165) is 16.7 Å². The number of carbonyl (C=O) groups excluding carboxylic acids is 1. The quantitative estimate of drug-likeness (QED) is 0.443. The first-order valence-corrected chi connectivity index (χ1v) is 12.7. The Kier molecular flexibility index (Phi) is 6.83. The van der Waals surface area contributed by atoms with Crippen LogP contribution in [0, 0.1) is 11.3 Å². The zero-order chi connectivity index (χ0) is 26.9. The summed E-state index contributed by atoms with van der Waals surface area (Å²) < 4.78 is 18.2. The van der Waals surface area contributed by atoms with Gasteiger partial charge in [0.2, 0.25) is 0 Å². The lowest BCUT2D eigenvalue weighted by molar-refractivity contribution is 0.00578. The number of hydrogen-bond acceptors (Lipinski definition) is 6. The highest BCUT2D eigenvalue weighted by atomic mass is 16.7. The highest BCUT2D eigenvalue weighted by molar-refractivity contribution is 6.56. The van der Waals surface area contributed by atoms with Crippen LogP contribution in [0.25, 0.3) is 17.2 Å². The monoisotopic (exact) mass is 507 g/mol. The summed E-state index contributed by atoms with van der Waals surface area (Å²) in [6.07, 6.45) is 2.95. The maximum atomic E-state index is 12.8. The fourth-order valence-electron chi connectivity index (χ4n) is 4.79. The summed E-state index contributed by atoms with van der Waals surface area (Å²) in [7, 11) is -0.662. The summed E-state index contributed by atoms with van der Waals surface area (Å²) >= 11 is 0. The van der Waals surface area contributed by atoms with Gasteiger partial charge in [0.05, 0.1) is 11.2 Å². The number of amides is 1. The van der Waals surface area contributed by atoms with Gasteiger partial charge in [0.1, 0.15) is 18.4 Å². The Labute approximate surface area is 223 Å². The minimum absolute atomic E-state index is 0.0176. The molecule has 38 heavy (non-hydrogen) atoms. The van der Waals surface area contributed by atoms with Gasteiger partial charge < -0.3 is 19.4 Å². The van der Waals surface area contributed by atoms with Crippen molar-refractivity contribution >= 4 is 19.3 Å². The Morgan fingerprint density at radius 3 is 2.18 bits per heavy atom. The average molecular weight is 507 g/mol. The van der Waals surface area contributed by atoms with E-state index in [4.69, 9.17) is 19.3 Å². The molecule has 2 aromatic carbocycles. The molecule has 1 amide bonds. The number of hydrogen-bond donors (Lipinski definition) is 1. The SMILES string of the molecule is CC1(C)OB(C(=Cc2ccc(C#N)nc2)CNC(=O)OCC2c3ccccc3-c3ccccc32)OC1(C)C. The second kappa shape index (κ2) is 10.1. The van der Waals surface area contributed by atoms with E-state index >= 15 is 0 Å². The molecule has 1 aliphatic heterocycles. The first-order valence-electron chi connectivity index (χ1n) is 12.7. The van der Waals surface area contributed by atoms with Gasteiger partial charge in [-0.2, -0.15) is 5.26 Å². The smallest absolute Gasteiger partial charge is 0.449 e. The topological polar surface area (TPSA) is 93.5 Å². The van der Waals surface area contributed by atoms with Crippen LogP contribution in [0.15, 0.2) is 72.3 Å². The molecule has 0 atom stereocenters. The molecule has 5 rings (SSSR count). The number of pyridine rings is 1. The summed E-state index contributed by atoms with van der Waals surface area (Å²) in [5, 5.41) is 11.9. The summed E-state index contributed by atoms with van der Waals surface area (Å²) in [5.74, 6) is -0.0176. The third-order valence-corrected chi connectivity index (χ3v) is 7.59. The molecule has 2 aliphatic rings. The van der Waals surface area contributed by atoms with Crippen LogP contribution in [-0.2, 0) is 14.0 Å². The molecule has 192 valence electrons. The predicted octanol–water partition coefficient (Wildman–Crippen LogP) is 5.51. The van der Waals surface area contributed by atoms with E-state index in [0.29, 0.717) is 11.2 Å². The molecule has 1 aromatic heterocycles. The van der Waals surface area contributed by atoms with Crippen molar-refractivity contribution in [1.29, 1.82) is 5.26 Å². The van der Waals surface area contributed by atoms with Crippen LogP contribution >= 0.6 is 0 Å². The van der Waals surface area contributed by atoms with Crippen molar-refractivity contribution in [2.75, 3.05) is 13.2 Å². The van der Waals surface area contributed by atoms with Crippen LogP contribution in [0.3, 0.4) is 0 Å². The van der Waals surface area contributed by atoms with Crippen LogP contribution in [0.4, 0.5) is 4.79 Å². The first-order chi connectivity index (χ1) is 18.2. The van der Waals surface area contributed by atoms with Gasteiger partial charge in [0.15, 0.2) is 0 Å². The lowest BCUT2D eigenvalue weighted by atomic mass is 9.77. The molecule has 3 aromatic rings.